The van der Waals surface area contributed by atoms with Gasteiger partial charge in [-0.15, -0.1) is 0 Å². The van der Waals surface area contributed by atoms with Gasteiger partial charge in [-0.2, -0.15) is 0 Å². The monoisotopic (exact) mass is 393 g/mol. The maximum Gasteiger partial charge on any atom is 0.216 e. The quantitative estimate of drug-likeness (QED) is 0.763. The number of para-hydroxylation sites is 1. The molecule has 0 bridgehead atoms. The number of nitrogens with one attached hydrogen (secondary N) is 1. The zero-order valence-corrected chi connectivity index (χ0v) is 16.6. The SMILES string of the molecule is CCC1(CC)C[C@@H](NS(=O)(=O)Cc2ccc(Cl)cc2)c2ccccc2O1. The largest absolute Gasteiger partial charge is 0.487 e. The molecule has 0 saturated carbocycles. The van der Waals surface area contributed by atoms with E-state index in [1.54, 1.807) is 24.3 Å². The predicted molar refractivity (Wildman–Crippen MR) is 105 cm³/mol. The van der Waals surface area contributed by atoms with E-state index in [2.05, 4.69) is 18.6 Å². The van der Waals surface area contributed by atoms with Crippen LogP contribution in [-0.4, -0.2) is 14.0 Å². The number of benzene rings is 2. The lowest BCUT2D eigenvalue weighted by atomic mass is 9.84. The molecule has 1 N–H and O–H groups in total. The molecule has 1 heterocycles. The fraction of sp³-hybridized carbons (Fsp3) is 0.400. The summed E-state index contributed by atoms with van der Waals surface area (Å²) in [5, 5.41) is 0.591. The first-order valence-electron chi connectivity index (χ1n) is 8.89. The molecule has 6 heteroatoms. The van der Waals surface area contributed by atoms with Crippen molar-refractivity contribution < 1.29 is 13.2 Å². The minimum absolute atomic E-state index is 0.0745. The van der Waals surface area contributed by atoms with E-state index in [1.807, 2.05) is 24.3 Å². The summed E-state index contributed by atoms with van der Waals surface area (Å²) in [7, 11) is -3.51. The molecular weight excluding hydrogens is 370 g/mol. The topological polar surface area (TPSA) is 55.4 Å². The summed E-state index contributed by atoms with van der Waals surface area (Å²) in [6.45, 7) is 4.16. The summed E-state index contributed by atoms with van der Waals surface area (Å²) in [6, 6.07) is 14.3. The number of hydrogen-bond acceptors (Lipinski definition) is 3. The van der Waals surface area contributed by atoms with Crippen molar-refractivity contribution in [3.8, 4) is 5.75 Å². The van der Waals surface area contributed by atoms with E-state index in [9.17, 15) is 8.42 Å². The van der Waals surface area contributed by atoms with Gasteiger partial charge in [-0.25, -0.2) is 13.1 Å². The highest BCUT2D eigenvalue weighted by atomic mass is 35.5. The van der Waals surface area contributed by atoms with Gasteiger partial charge in [0.05, 0.1) is 11.8 Å². The van der Waals surface area contributed by atoms with E-state index in [0.29, 0.717) is 17.0 Å². The Morgan fingerprint density at radius 3 is 2.42 bits per heavy atom. The van der Waals surface area contributed by atoms with Gasteiger partial charge in [-0.05, 0) is 36.6 Å². The molecule has 1 atom stereocenters. The number of hydrogen-bond donors (Lipinski definition) is 1. The standard InChI is InChI=1S/C20H24ClNO3S/c1-3-20(4-2)13-18(17-7-5-6-8-19(17)25-20)22-26(23,24)14-15-9-11-16(21)12-10-15/h5-12,18,22H,3-4,13-14H2,1-2H3/t18-/m1/s1. The summed E-state index contributed by atoms with van der Waals surface area (Å²) >= 11 is 5.88. The summed E-state index contributed by atoms with van der Waals surface area (Å²) in [5.74, 6) is 0.691. The van der Waals surface area contributed by atoms with Crippen molar-refractivity contribution >= 4 is 21.6 Å². The summed E-state index contributed by atoms with van der Waals surface area (Å²) in [4.78, 5) is 0. The Morgan fingerprint density at radius 1 is 1.12 bits per heavy atom. The van der Waals surface area contributed by atoms with Gasteiger partial charge < -0.3 is 4.74 Å². The molecule has 2 aromatic carbocycles. The van der Waals surface area contributed by atoms with Crippen molar-refractivity contribution in [2.75, 3.05) is 0 Å². The highest BCUT2D eigenvalue weighted by Gasteiger charge is 2.39. The normalized spacial score (nSPS) is 18.8. The van der Waals surface area contributed by atoms with Crippen LogP contribution in [0.4, 0.5) is 0 Å². The Labute approximate surface area is 160 Å². The van der Waals surface area contributed by atoms with Gasteiger partial charge in [0, 0.05) is 17.0 Å². The fourth-order valence-electron chi connectivity index (χ4n) is 3.46. The van der Waals surface area contributed by atoms with Crippen LogP contribution in [0.2, 0.25) is 5.02 Å². The zero-order chi connectivity index (χ0) is 18.8. The number of ether oxygens (including phenoxy) is 1. The Bertz CT molecular complexity index is 861. The molecule has 4 nitrogen and oxygen atoms in total. The van der Waals surface area contributed by atoms with Crippen molar-refractivity contribution in [2.24, 2.45) is 0 Å². The maximum atomic E-state index is 12.8. The first-order valence-corrected chi connectivity index (χ1v) is 10.9. The smallest absolute Gasteiger partial charge is 0.216 e. The van der Waals surface area contributed by atoms with Crippen LogP contribution in [-0.2, 0) is 15.8 Å². The van der Waals surface area contributed by atoms with E-state index in [4.69, 9.17) is 16.3 Å². The molecule has 0 unspecified atom stereocenters. The maximum absolute atomic E-state index is 12.8. The second-order valence-corrected chi connectivity index (χ2v) is 8.98. The van der Waals surface area contributed by atoms with Crippen LogP contribution in [0.15, 0.2) is 48.5 Å². The molecule has 0 radical (unpaired) electrons. The molecule has 0 amide bonds. The lowest BCUT2D eigenvalue weighted by molar-refractivity contribution is 0.0260. The predicted octanol–water partition coefficient (Wildman–Crippen LogP) is 4.84. The number of rotatable bonds is 6. The molecule has 0 fully saturated rings. The fourth-order valence-corrected chi connectivity index (χ4v) is 4.95. The molecule has 140 valence electrons. The van der Waals surface area contributed by atoms with Crippen LogP contribution in [0.1, 0.15) is 50.3 Å². The second kappa shape index (κ2) is 7.59. The van der Waals surface area contributed by atoms with E-state index in [-0.39, 0.29) is 17.4 Å². The lowest BCUT2D eigenvalue weighted by Gasteiger charge is -2.41. The van der Waals surface area contributed by atoms with Crippen molar-refractivity contribution in [1.29, 1.82) is 0 Å². The van der Waals surface area contributed by atoms with Gasteiger partial charge in [0.1, 0.15) is 11.4 Å². The Balaban J connectivity index is 1.86. The van der Waals surface area contributed by atoms with Gasteiger partial charge in [0.2, 0.25) is 10.0 Å². The Kier molecular flexibility index (Phi) is 5.61. The number of fused-ring (bicyclic) bond motifs is 1. The van der Waals surface area contributed by atoms with Crippen LogP contribution >= 0.6 is 11.6 Å². The van der Waals surface area contributed by atoms with Crippen molar-refractivity contribution in [3.05, 3.63) is 64.7 Å². The summed E-state index contributed by atoms with van der Waals surface area (Å²) < 4.78 is 34.7. The molecule has 1 aliphatic heterocycles. The highest BCUT2D eigenvalue weighted by molar-refractivity contribution is 7.88. The van der Waals surface area contributed by atoms with Crippen LogP contribution in [0.25, 0.3) is 0 Å². The van der Waals surface area contributed by atoms with Crippen LogP contribution in [0, 0.1) is 0 Å². The third kappa shape index (κ3) is 4.22. The second-order valence-electron chi connectivity index (χ2n) is 6.79. The molecule has 1 aliphatic rings. The van der Waals surface area contributed by atoms with E-state index < -0.39 is 10.0 Å². The van der Waals surface area contributed by atoms with Gasteiger partial charge in [0.25, 0.3) is 0 Å². The Morgan fingerprint density at radius 2 is 1.77 bits per heavy atom. The minimum Gasteiger partial charge on any atom is -0.487 e. The molecule has 0 spiro atoms. The average Bonchev–Trinajstić information content (AvgIpc) is 2.63. The zero-order valence-electron chi connectivity index (χ0n) is 15.0. The summed E-state index contributed by atoms with van der Waals surface area (Å²) in [6.07, 6.45) is 2.28. The molecule has 3 rings (SSSR count). The lowest BCUT2D eigenvalue weighted by Crippen LogP contribution is -2.44. The Hall–Kier alpha value is -1.56. The third-order valence-corrected chi connectivity index (χ3v) is 6.69. The van der Waals surface area contributed by atoms with Crippen molar-refractivity contribution in [1.82, 2.24) is 4.72 Å². The number of halogens is 1. The van der Waals surface area contributed by atoms with E-state index >= 15 is 0 Å². The molecule has 0 aliphatic carbocycles. The number of sulfonamides is 1. The van der Waals surface area contributed by atoms with Crippen LogP contribution < -0.4 is 9.46 Å². The highest BCUT2D eigenvalue weighted by Crippen LogP contribution is 2.42. The van der Waals surface area contributed by atoms with Gasteiger partial charge >= 0.3 is 0 Å². The first kappa shape index (κ1) is 19.2. The minimum atomic E-state index is -3.51. The third-order valence-electron chi connectivity index (χ3n) is 5.08. The van der Waals surface area contributed by atoms with E-state index in [0.717, 1.165) is 24.2 Å². The molecule has 0 saturated heterocycles. The van der Waals surface area contributed by atoms with Crippen LogP contribution in [0.3, 0.4) is 0 Å². The average molecular weight is 394 g/mol. The summed E-state index contributed by atoms with van der Waals surface area (Å²) in [5.41, 5.74) is 1.26. The van der Waals surface area contributed by atoms with Gasteiger partial charge in [-0.3, -0.25) is 0 Å². The first-order chi connectivity index (χ1) is 12.4. The van der Waals surface area contributed by atoms with Crippen molar-refractivity contribution in [3.63, 3.8) is 0 Å². The van der Waals surface area contributed by atoms with Crippen molar-refractivity contribution in [2.45, 2.75) is 50.5 Å². The molecular formula is C20H24ClNO3S. The molecule has 2 aromatic rings. The van der Waals surface area contributed by atoms with Gasteiger partial charge in [-0.1, -0.05) is 55.8 Å². The van der Waals surface area contributed by atoms with Crippen LogP contribution in [0.5, 0.6) is 5.75 Å². The molecule has 26 heavy (non-hydrogen) atoms. The van der Waals surface area contributed by atoms with Gasteiger partial charge in [0.15, 0.2) is 0 Å². The van der Waals surface area contributed by atoms with E-state index in [1.165, 1.54) is 0 Å². The molecule has 0 aromatic heterocycles.